The van der Waals surface area contributed by atoms with Crippen molar-refractivity contribution >= 4 is 5.82 Å². The summed E-state index contributed by atoms with van der Waals surface area (Å²) in [6.07, 6.45) is -0.843. The fourth-order valence-corrected chi connectivity index (χ4v) is 2.54. The summed E-state index contributed by atoms with van der Waals surface area (Å²) in [6, 6.07) is 2.15. The molecule has 1 aromatic rings. The summed E-state index contributed by atoms with van der Waals surface area (Å²) < 4.78 is 38.2. The lowest BCUT2D eigenvalue weighted by atomic mass is 9.99. The lowest BCUT2D eigenvalue weighted by Gasteiger charge is -2.30. The second kappa shape index (κ2) is 6.43. The van der Waals surface area contributed by atoms with Gasteiger partial charge in [-0.25, -0.2) is 4.98 Å². The van der Waals surface area contributed by atoms with Crippen molar-refractivity contribution in [1.29, 1.82) is 0 Å². The van der Waals surface area contributed by atoms with E-state index in [-0.39, 0.29) is 0 Å². The fraction of sp³-hybridized carbons (Fsp3) is 0.643. The van der Waals surface area contributed by atoms with Gasteiger partial charge in [-0.3, -0.25) is 0 Å². The molecule has 20 heavy (non-hydrogen) atoms. The molecule has 1 aromatic heterocycles. The van der Waals surface area contributed by atoms with Crippen LogP contribution in [0, 0.1) is 5.92 Å². The number of nitrogens with zero attached hydrogens (tertiary/aromatic N) is 2. The Labute approximate surface area is 117 Å². The Hall–Kier alpha value is -1.30. The Morgan fingerprint density at radius 1 is 1.45 bits per heavy atom. The minimum absolute atomic E-state index is 0.410. The number of anilines is 1. The smallest absolute Gasteiger partial charge is 0.357 e. The van der Waals surface area contributed by atoms with Gasteiger partial charge in [0.25, 0.3) is 0 Å². The Bertz CT molecular complexity index is 428. The summed E-state index contributed by atoms with van der Waals surface area (Å²) in [5.74, 6) is 0.882. The highest BCUT2D eigenvalue weighted by molar-refractivity contribution is 5.41. The van der Waals surface area contributed by atoms with Crippen LogP contribution >= 0.6 is 0 Å². The molecule has 2 heterocycles. The number of pyridine rings is 1. The molecule has 3 nitrogen and oxygen atoms in total. The molecule has 1 fully saturated rings. The third kappa shape index (κ3) is 3.85. The first-order chi connectivity index (χ1) is 9.50. The van der Waals surface area contributed by atoms with Crippen LogP contribution in [-0.2, 0) is 6.18 Å². The number of hydrogen-bond donors (Lipinski definition) is 1. The van der Waals surface area contributed by atoms with Crippen molar-refractivity contribution in [2.24, 2.45) is 5.92 Å². The van der Waals surface area contributed by atoms with E-state index in [4.69, 9.17) is 0 Å². The van der Waals surface area contributed by atoms with Gasteiger partial charge in [-0.05, 0) is 50.9 Å². The standard InChI is InChI=1S/C14H20F3N3/c1-2-20(10-11-4-3-6-18-9-11)13-8-12(5-7-19-13)14(15,16)17/h5,7-8,11,18H,2-4,6,9-10H2,1H3. The van der Waals surface area contributed by atoms with Crippen molar-refractivity contribution in [3.8, 4) is 0 Å². The van der Waals surface area contributed by atoms with Crippen LogP contribution in [0.25, 0.3) is 0 Å². The van der Waals surface area contributed by atoms with Crippen LogP contribution in [0.1, 0.15) is 25.3 Å². The van der Waals surface area contributed by atoms with E-state index in [9.17, 15) is 13.2 Å². The van der Waals surface area contributed by atoms with E-state index in [0.717, 1.165) is 44.6 Å². The normalized spacial score (nSPS) is 19.9. The summed E-state index contributed by atoms with van der Waals surface area (Å²) in [5, 5.41) is 3.32. The Morgan fingerprint density at radius 2 is 2.25 bits per heavy atom. The van der Waals surface area contributed by atoms with Gasteiger partial charge in [0.15, 0.2) is 0 Å². The number of rotatable bonds is 4. The third-order valence-electron chi connectivity index (χ3n) is 3.66. The molecule has 0 amide bonds. The van der Waals surface area contributed by atoms with Gasteiger partial charge in [0, 0.05) is 19.3 Å². The quantitative estimate of drug-likeness (QED) is 0.923. The van der Waals surface area contributed by atoms with Gasteiger partial charge in [-0.1, -0.05) is 0 Å². The Kier molecular flexibility index (Phi) is 4.86. The SMILES string of the molecule is CCN(CC1CCCNC1)c1cc(C(F)(F)F)ccn1. The summed E-state index contributed by atoms with van der Waals surface area (Å²) in [7, 11) is 0. The maximum absolute atomic E-state index is 12.7. The minimum Gasteiger partial charge on any atom is -0.357 e. The van der Waals surface area contributed by atoms with Crippen LogP contribution in [0.15, 0.2) is 18.3 Å². The van der Waals surface area contributed by atoms with Crippen LogP contribution in [0.3, 0.4) is 0 Å². The van der Waals surface area contributed by atoms with Gasteiger partial charge >= 0.3 is 6.18 Å². The maximum atomic E-state index is 12.7. The van der Waals surface area contributed by atoms with Crippen molar-refractivity contribution in [2.45, 2.75) is 25.9 Å². The first-order valence-corrected chi connectivity index (χ1v) is 6.99. The maximum Gasteiger partial charge on any atom is 0.416 e. The summed E-state index contributed by atoms with van der Waals surface area (Å²) in [6.45, 7) is 5.31. The van der Waals surface area contributed by atoms with Crippen LogP contribution in [0.2, 0.25) is 0 Å². The number of aromatic nitrogens is 1. The van der Waals surface area contributed by atoms with Crippen LogP contribution in [0.4, 0.5) is 19.0 Å². The molecule has 1 saturated heterocycles. The molecule has 1 aliphatic rings. The summed E-state index contributed by atoms with van der Waals surface area (Å²) in [5.41, 5.74) is -0.636. The molecule has 112 valence electrons. The highest BCUT2D eigenvalue weighted by Gasteiger charge is 2.31. The van der Waals surface area contributed by atoms with Gasteiger partial charge in [0.1, 0.15) is 5.82 Å². The van der Waals surface area contributed by atoms with E-state index in [0.29, 0.717) is 18.3 Å². The van der Waals surface area contributed by atoms with Crippen molar-refractivity contribution in [3.63, 3.8) is 0 Å². The molecule has 1 aliphatic heterocycles. The van der Waals surface area contributed by atoms with E-state index >= 15 is 0 Å². The molecule has 0 aromatic carbocycles. The van der Waals surface area contributed by atoms with Crippen molar-refractivity contribution in [2.75, 3.05) is 31.1 Å². The van der Waals surface area contributed by atoms with E-state index in [1.807, 2.05) is 11.8 Å². The first kappa shape index (κ1) is 15.1. The predicted octanol–water partition coefficient (Wildman–Crippen LogP) is 2.93. The largest absolute Gasteiger partial charge is 0.416 e. The zero-order chi connectivity index (χ0) is 14.6. The van der Waals surface area contributed by atoms with Crippen molar-refractivity contribution in [3.05, 3.63) is 23.9 Å². The first-order valence-electron chi connectivity index (χ1n) is 6.99. The molecule has 0 radical (unpaired) electrons. The van der Waals surface area contributed by atoms with Crippen LogP contribution in [-0.4, -0.2) is 31.2 Å². The second-order valence-electron chi connectivity index (χ2n) is 5.15. The van der Waals surface area contributed by atoms with E-state index in [1.165, 1.54) is 6.20 Å². The molecular weight excluding hydrogens is 267 g/mol. The van der Waals surface area contributed by atoms with E-state index in [2.05, 4.69) is 10.3 Å². The molecule has 0 saturated carbocycles. The van der Waals surface area contributed by atoms with Crippen LogP contribution < -0.4 is 10.2 Å². The van der Waals surface area contributed by atoms with Gasteiger partial charge in [-0.2, -0.15) is 13.2 Å². The zero-order valence-electron chi connectivity index (χ0n) is 11.6. The van der Waals surface area contributed by atoms with E-state index in [1.54, 1.807) is 0 Å². The zero-order valence-corrected chi connectivity index (χ0v) is 11.6. The third-order valence-corrected chi connectivity index (χ3v) is 3.66. The highest BCUT2D eigenvalue weighted by Crippen LogP contribution is 2.31. The molecule has 0 bridgehead atoms. The number of hydrogen-bond acceptors (Lipinski definition) is 3. The molecule has 0 aliphatic carbocycles. The number of alkyl halides is 3. The van der Waals surface area contributed by atoms with Crippen molar-refractivity contribution in [1.82, 2.24) is 10.3 Å². The Balaban J connectivity index is 2.10. The lowest BCUT2D eigenvalue weighted by molar-refractivity contribution is -0.137. The lowest BCUT2D eigenvalue weighted by Crippen LogP contribution is -2.38. The molecule has 2 rings (SSSR count). The fourth-order valence-electron chi connectivity index (χ4n) is 2.54. The summed E-state index contributed by atoms with van der Waals surface area (Å²) >= 11 is 0. The van der Waals surface area contributed by atoms with Crippen LogP contribution in [0.5, 0.6) is 0 Å². The number of halogens is 3. The highest BCUT2D eigenvalue weighted by atomic mass is 19.4. The monoisotopic (exact) mass is 287 g/mol. The molecular formula is C14H20F3N3. The number of piperidine rings is 1. The predicted molar refractivity (Wildman–Crippen MR) is 72.7 cm³/mol. The average molecular weight is 287 g/mol. The van der Waals surface area contributed by atoms with E-state index < -0.39 is 11.7 Å². The molecule has 1 unspecified atom stereocenters. The second-order valence-corrected chi connectivity index (χ2v) is 5.15. The molecule has 0 spiro atoms. The van der Waals surface area contributed by atoms with Crippen molar-refractivity contribution < 1.29 is 13.2 Å². The molecule has 6 heteroatoms. The average Bonchev–Trinajstić information content (AvgIpc) is 2.45. The minimum atomic E-state index is -4.32. The topological polar surface area (TPSA) is 28.2 Å². The Morgan fingerprint density at radius 3 is 2.85 bits per heavy atom. The number of nitrogens with one attached hydrogen (secondary N) is 1. The van der Waals surface area contributed by atoms with Gasteiger partial charge in [-0.15, -0.1) is 0 Å². The molecule has 1 atom stereocenters. The van der Waals surface area contributed by atoms with Gasteiger partial charge in [0.2, 0.25) is 0 Å². The summed E-state index contributed by atoms with van der Waals surface area (Å²) in [4.78, 5) is 6.02. The van der Waals surface area contributed by atoms with Gasteiger partial charge in [0.05, 0.1) is 5.56 Å². The molecule has 1 N–H and O–H groups in total. The van der Waals surface area contributed by atoms with Gasteiger partial charge < -0.3 is 10.2 Å².